The van der Waals surface area contributed by atoms with Gasteiger partial charge in [-0.1, -0.05) is 24.3 Å². The fraction of sp³-hybridized carbons (Fsp3) is 0.211. The van der Waals surface area contributed by atoms with Crippen LogP contribution in [0.3, 0.4) is 0 Å². The van der Waals surface area contributed by atoms with E-state index >= 15 is 0 Å². The molecule has 3 nitrogen and oxygen atoms in total. The molecule has 1 heterocycles. The molecule has 0 aromatic heterocycles. The molecule has 4 rings (SSSR count). The maximum absolute atomic E-state index is 13.6. The summed E-state index contributed by atoms with van der Waals surface area (Å²) in [6.07, 6.45) is 5.17. The monoisotopic (exact) mass is 309 g/mol. The summed E-state index contributed by atoms with van der Waals surface area (Å²) in [5, 5.41) is 12.7. The Bertz CT molecular complexity index is 815. The second-order valence-corrected chi connectivity index (χ2v) is 6.14. The Hall–Kier alpha value is -2.62. The molecule has 23 heavy (non-hydrogen) atoms. The number of fused-ring (bicyclic) bond motifs is 3. The van der Waals surface area contributed by atoms with Crippen molar-refractivity contribution >= 4 is 11.7 Å². The van der Waals surface area contributed by atoms with E-state index in [1.165, 1.54) is 6.07 Å². The van der Waals surface area contributed by atoms with Crippen molar-refractivity contribution in [2.45, 2.75) is 18.4 Å². The summed E-state index contributed by atoms with van der Waals surface area (Å²) in [5.74, 6) is -0.718. The van der Waals surface area contributed by atoms with Gasteiger partial charge in [-0.2, -0.15) is 0 Å². The molecule has 3 atom stereocenters. The minimum atomic E-state index is -0.918. The average molecular weight is 309 g/mol. The predicted molar refractivity (Wildman–Crippen MR) is 86.2 cm³/mol. The maximum atomic E-state index is 13.6. The molecule has 0 saturated heterocycles. The molecular weight excluding hydrogens is 293 g/mol. The number of hydrogen-bond donors (Lipinski definition) is 2. The first kappa shape index (κ1) is 14.0. The largest absolute Gasteiger partial charge is 0.478 e. The fourth-order valence-electron chi connectivity index (χ4n) is 3.76. The van der Waals surface area contributed by atoms with Crippen LogP contribution in [0.2, 0.25) is 0 Å². The van der Waals surface area contributed by atoms with Crippen molar-refractivity contribution in [2.75, 3.05) is 5.32 Å². The Kier molecular flexibility index (Phi) is 3.18. The molecule has 0 bridgehead atoms. The standard InChI is InChI=1S/C19H16FNO2/c20-13-4-1-3-11(9-13)18-15-6-2-5-14(15)16-10-12(19(22)23)7-8-17(16)21-18/h1-5,7-10,14-15,18,21H,6H2,(H,22,23)/t14-,15+,18-/m1/s1. The van der Waals surface area contributed by atoms with Crippen LogP contribution in [0.1, 0.15) is 39.9 Å². The van der Waals surface area contributed by atoms with Crippen LogP contribution in [-0.4, -0.2) is 11.1 Å². The summed E-state index contributed by atoms with van der Waals surface area (Å²) in [5.41, 5.74) is 3.17. The van der Waals surface area contributed by atoms with Crippen molar-refractivity contribution in [3.8, 4) is 0 Å². The number of allylic oxidation sites excluding steroid dienone is 2. The van der Waals surface area contributed by atoms with Gasteiger partial charge in [0.2, 0.25) is 0 Å². The highest BCUT2D eigenvalue weighted by Crippen LogP contribution is 2.49. The summed E-state index contributed by atoms with van der Waals surface area (Å²) in [7, 11) is 0. The molecule has 0 unspecified atom stereocenters. The van der Waals surface area contributed by atoms with Crippen LogP contribution in [0.4, 0.5) is 10.1 Å². The molecular formula is C19H16FNO2. The number of nitrogens with one attached hydrogen (secondary N) is 1. The lowest BCUT2D eigenvalue weighted by Crippen LogP contribution is -2.29. The lowest BCUT2D eigenvalue weighted by molar-refractivity contribution is 0.0696. The van der Waals surface area contributed by atoms with E-state index in [9.17, 15) is 14.3 Å². The van der Waals surface area contributed by atoms with Gasteiger partial charge < -0.3 is 10.4 Å². The molecule has 0 radical (unpaired) electrons. The molecule has 2 N–H and O–H groups in total. The van der Waals surface area contributed by atoms with Gasteiger partial charge in [-0.3, -0.25) is 0 Å². The van der Waals surface area contributed by atoms with Gasteiger partial charge in [0.15, 0.2) is 0 Å². The Morgan fingerprint density at radius 1 is 1.22 bits per heavy atom. The van der Waals surface area contributed by atoms with Crippen molar-refractivity contribution in [1.82, 2.24) is 0 Å². The molecule has 2 aromatic rings. The van der Waals surface area contributed by atoms with Crippen LogP contribution >= 0.6 is 0 Å². The van der Waals surface area contributed by atoms with Crippen molar-refractivity contribution < 1.29 is 14.3 Å². The lowest BCUT2D eigenvalue weighted by atomic mass is 9.76. The van der Waals surface area contributed by atoms with Crippen LogP contribution in [-0.2, 0) is 0 Å². The van der Waals surface area contributed by atoms with E-state index in [0.29, 0.717) is 5.56 Å². The quantitative estimate of drug-likeness (QED) is 0.811. The molecule has 0 saturated carbocycles. The smallest absolute Gasteiger partial charge is 0.335 e. The van der Waals surface area contributed by atoms with Crippen molar-refractivity contribution in [3.05, 3.63) is 77.1 Å². The zero-order chi connectivity index (χ0) is 16.0. The van der Waals surface area contributed by atoms with E-state index in [0.717, 1.165) is 23.2 Å². The third kappa shape index (κ3) is 2.31. The van der Waals surface area contributed by atoms with Gasteiger partial charge in [0.25, 0.3) is 0 Å². The van der Waals surface area contributed by atoms with Gasteiger partial charge >= 0.3 is 5.97 Å². The molecule has 2 aliphatic rings. The molecule has 0 spiro atoms. The highest BCUT2D eigenvalue weighted by molar-refractivity contribution is 5.89. The van der Waals surface area contributed by atoms with Gasteiger partial charge in [-0.15, -0.1) is 0 Å². The number of halogens is 1. The lowest BCUT2D eigenvalue weighted by Gasteiger charge is -2.37. The van der Waals surface area contributed by atoms with E-state index in [1.807, 2.05) is 12.1 Å². The Balaban J connectivity index is 1.79. The first-order valence-electron chi connectivity index (χ1n) is 7.69. The van der Waals surface area contributed by atoms with Gasteiger partial charge in [-0.25, -0.2) is 9.18 Å². The molecule has 4 heteroatoms. The zero-order valence-corrected chi connectivity index (χ0v) is 12.4. The first-order chi connectivity index (χ1) is 11.1. The maximum Gasteiger partial charge on any atom is 0.335 e. The number of aromatic carboxylic acids is 1. The minimum absolute atomic E-state index is 0.0221. The summed E-state index contributed by atoms with van der Waals surface area (Å²) in [6, 6.07) is 11.9. The summed E-state index contributed by atoms with van der Waals surface area (Å²) in [4.78, 5) is 11.2. The Morgan fingerprint density at radius 3 is 2.87 bits per heavy atom. The number of carboxylic acids is 1. The van der Waals surface area contributed by atoms with Gasteiger partial charge in [0.05, 0.1) is 11.6 Å². The average Bonchev–Trinajstić information content (AvgIpc) is 3.03. The SMILES string of the molecule is O=C(O)c1ccc2c(c1)[C@@H]1C=CC[C@@H]1[C@@H](c1cccc(F)c1)N2. The molecule has 0 fully saturated rings. The second kappa shape index (κ2) is 5.23. The molecule has 1 aliphatic heterocycles. The van der Waals surface area contributed by atoms with Crippen LogP contribution in [0, 0.1) is 11.7 Å². The molecule has 116 valence electrons. The van der Waals surface area contributed by atoms with Gasteiger partial charge in [-0.05, 0) is 53.8 Å². The van der Waals surface area contributed by atoms with E-state index in [2.05, 4.69) is 17.5 Å². The van der Waals surface area contributed by atoms with Gasteiger partial charge in [0, 0.05) is 11.6 Å². The third-order valence-corrected chi connectivity index (χ3v) is 4.82. The molecule has 1 aliphatic carbocycles. The highest BCUT2D eigenvalue weighted by Gasteiger charge is 2.38. The zero-order valence-electron chi connectivity index (χ0n) is 12.4. The van der Waals surface area contributed by atoms with Crippen molar-refractivity contribution in [1.29, 1.82) is 0 Å². The Labute approximate surface area is 133 Å². The summed E-state index contributed by atoms with van der Waals surface area (Å²) < 4.78 is 13.6. The minimum Gasteiger partial charge on any atom is -0.478 e. The van der Waals surface area contributed by atoms with Crippen LogP contribution in [0.25, 0.3) is 0 Å². The third-order valence-electron chi connectivity index (χ3n) is 4.82. The second-order valence-electron chi connectivity index (χ2n) is 6.14. The highest BCUT2D eigenvalue weighted by atomic mass is 19.1. The van der Waals surface area contributed by atoms with Crippen molar-refractivity contribution in [3.63, 3.8) is 0 Å². The van der Waals surface area contributed by atoms with Crippen LogP contribution in [0.15, 0.2) is 54.6 Å². The molecule has 2 aromatic carbocycles. The number of benzene rings is 2. The van der Waals surface area contributed by atoms with Gasteiger partial charge in [0.1, 0.15) is 5.82 Å². The number of carboxylic acid groups (broad SMARTS) is 1. The summed E-state index contributed by atoms with van der Waals surface area (Å²) >= 11 is 0. The molecule has 0 amide bonds. The number of anilines is 1. The number of rotatable bonds is 2. The Morgan fingerprint density at radius 2 is 2.09 bits per heavy atom. The van der Waals surface area contributed by atoms with E-state index in [1.54, 1.807) is 24.3 Å². The van der Waals surface area contributed by atoms with Crippen molar-refractivity contribution in [2.24, 2.45) is 5.92 Å². The normalized spacial score (nSPS) is 24.7. The number of hydrogen-bond acceptors (Lipinski definition) is 2. The topological polar surface area (TPSA) is 49.3 Å². The van der Waals surface area contributed by atoms with E-state index in [-0.39, 0.29) is 23.7 Å². The van der Waals surface area contributed by atoms with E-state index in [4.69, 9.17) is 0 Å². The van der Waals surface area contributed by atoms with Crippen LogP contribution < -0.4 is 5.32 Å². The predicted octanol–water partition coefficient (Wildman–Crippen LogP) is 4.35. The summed E-state index contributed by atoms with van der Waals surface area (Å²) in [6.45, 7) is 0. The van der Waals surface area contributed by atoms with E-state index < -0.39 is 5.97 Å². The number of carbonyl (C=O) groups is 1. The van der Waals surface area contributed by atoms with Crippen LogP contribution in [0.5, 0.6) is 0 Å². The first-order valence-corrected chi connectivity index (χ1v) is 7.69. The fourth-order valence-corrected chi connectivity index (χ4v) is 3.76.